The summed E-state index contributed by atoms with van der Waals surface area (Å²) in [6, 6.07) is 91.7. The van der Waals surface area contributed by atoms with Crippen molar-refractivity contribution in [2.24, 2.45) is 0 Å². The Morgan fingerprint density at radius 1 is 0.219 bits per heavy atom. The summed E-state index contributed by atoms with van der Waals surface area (Å²) < 4.78 is 4.75. The van der Waals surface area contributed by atoms with Crippen LogP contribution < -0.4 is 9.80 Å². The maximum absolute atomic E-state index is 2.41. The van der Waals surface area contributed by atoms with E-state index in [4.69, 9.17) is 0 Å². The molecule has 0 unspecified atom stereocenters. The highest BCUT2D eigenvalue weighted by Gasteiger charge is 2.20. The third-order valence-corrected chi connectivity index (χ3v) is 12.5. The Hall–Kier alpha value is -8.60. The Kier molecular flexibility index (Phi) is 9.12. The van der Waals surface area contributed by atoms with Crippen molar-refractivity contribution in [1.29, 1.82) is 0 Å². The van der Waals surface area contributed by atoms with E-state index in [9.17, 15) is 0 Å². The predicted molar refractivity (Wildman–Crippen MR) is 270 cm³/mol. The van der Waals surface area contributed by atoms with Gasteiger partial charge in [0, 0.05) is 67.0 Å². The van der Waals surface area contributed by atoms with Gasteiger partial charge in [0.1, 0.15) is 0 Å². The zero-order valence-corrected chi connectivity index (χ0v) is 35.0. The molecular weight excluding hydrogens is 777 g/mol. The second kappa shape index (κ2) is 15.7. The molecule has 64 heavy (non-hydrogen) atoms. The van der Waals surface area contributed by atoms with Gasteiger partial charge in [-0.25, -0.2) is 0 Å². The number of rotatable bonds is 9. The highest BCUT2D eigenvalue weighted by molar-refractivity contribution is 6.12. The molecule has 0 N–H and O–H groups in total. The number of aromatic nitrogens is 2. The van der Waals surface area contributed by atoms with E-state index in [-0.39, 0.29) is 0 Å². The number of benzene rings is 10. The molecule has 0 fully saturated rings. The second-order valence-electron chi connectivity index (χ2n) is 16.2. The van der Waals surface area contributed by atoms with Crippen molar-refractivity contribution in [2.75, 3.05) is 9.80 Å². The lowest BCUT2D eigenvalue weighted by Gasteiger charge is -2.26. The number of anilines is 6. The van der Waals surface area contributed by atoms with Gasteiger partial charge in [0.05, 0.1) is 22.1 Å². The summed E-state index contributed by atoms with van der Waals surface area (Å²) >= 11 is 0. The van der Waals surface area contributed by atoms with E-state index in [0.717, 1.165) is 56.6 Å². The van der Waals surface area contributed by atoms with Crippen LogP contribution in [0.4, 0.5) is 34.1 Å². The Bertz CT molecular complexity index is 3380. The highest BCUT2D eigenvalue weighted by Crippen LogP contribution is 2.43. The van der Waals surface area contributed by atoms with Crippen LogP contribution in [0.3, 0.4) is 0 Å². The van der Waals surface area contributed by atoms with E-state index in [1.165, 1.54) is 43.6 Å². The van der Waals surface area contributed by atoms with Gasteiger partial charge in [-0.15, -0.1) is 0 Å². The first kappa shape index (κ1) is 37.2. The topological polar surface area (TPSA) is 16.3 Å². The zero-order valence-electron chi connectivity index (χ0n) is 35.0. The average Bonchev–Trinajstić information content (AvgIpc) is 3.88. The molecule has 0 aliphatic heterocycles. The minimum absolute atomic E-state index is 1.08. The average molecular weight is 819 g/mol. The molecule has 2 aromatic heterocycles. The lowest BCUT2D eigenvalue weighted by atomic mass is 10.0. The van der Waals surface area contributed by atoms with Crippen LogP contribution in [-0.2, 0) is 0 Å². The summed E-state index contributed by atoms with van der Waals surface area (Å²) in [6.45, 7) is 0. The summed E-state index contributed by atoms with van der Waals surface area (Å²) in [4.78, 5) is 4.71. The lowest BCUT2D eigenvalue weighted by molar-refractivity contribution is 1.18. The fourth-order valence-corrected chi connectivity index (χ4v) is 9.56. The minimum atomic E-state index is 1.08. The Labute approximate surface area is 372 Å². The lowest BCUT2D eigenvalue weighted by Crippen LogP contribution is -2.10. The second-order valence-corrected chi connectivity index (χ2v) is 16.2. The van der Waals surface area contributed by atoms with Crippen LogP contribution >= 0.6 is 0 Å². The first-order valence-corrected chi connectivity index (χ1v) is 21.8. The standard InChI is InChI=1S/C60H42N4/c1-5-17-45(18-6-1)61(46-19-7-2-8-20-46)49-33-29-43(30-34-49)44-31-35-50(36-32-44)62(51-37-39-59-55(41-51)53-25-13-15-27-57(53)63(59)47-21-9-3-10-22-47)52-38-40-60-56(42-52)54-26-14-16-28-58(54)64(60)48-23-11-4-12-24-48/h1-42H. The first-order chi connectivity index (χ1) is 31.8. The van der Waals surface area contributed by atoms with E-state index < -0.39 is 0 Å². The van der Waals surface area contributed by atoms with Crippen molar-refractivity contribution < 1.29 is 0 Å². The maximum Gasteiger partial charge on any atom is 0.0542 e. The van der Waals surface area contributed by atoms with E-state index in [2.05, 4.69) is 274 Å². The zero-order chi connectivity index (χ0) is 42.4. The summed E-state index contributed by atoms with van der Waals surface area (Å²) in [5.74, 6) is 0. The molecule has 0 spiro atoms. The minimum Gasteiger partial charge on any atom is -0.311 e. The number of fused-ring (bicyclic) bond motifs is 6. The number of hydrogen-bond donors (Lipinski definition) is 0. The van der Waals surface area contributed by atoms with Crippen molar-refractivity contribution in [3.8, 4) is 22.5 Å². The Morgan fingerprint density at radius 2 is 0.516 bits per heavy atom. The summed E-state index contributed by atoms with van der Waals surface area (Å²) in [7, 11) is 0. The SMILES string of the molecule is c1ccc(N(c2ccccc2)c2ccc(-c3ccc(N(c4ccc5c(c4)c4ccccc4n5-c4ccccc4)c4ccc5c(c4)c4ccccc4n5-c4ccccc4)cc3)cc2)cc1. The molecule has 0 aliphatic rings. The molecule has 4 nitrogen and oxygen atoms in total. The predicted octanol–water partition coefficient (Wildman–Crippen LogP) is 16.5. The van der Waals surface area contributed by atoms with Crippen LogP contribution in [0.1, 0.15) is 0 Å². The molecule has 0 atom stereocenters. The number of hydrogen-bond acceptors (Lipinski definition) is 2. The van der Waals surface area contributed by atoms with E-state index in [0.29, 0.717) is 0 Å². The van der Waals surface area contributed by atoms with Gasteiger partial charge in [-0.05, 0) is 132 Å². The molecule has 0 saturated heterocycles. The van der Waals surface area contributed by atoms with Crippen LogP contribution in [0, 0.1) is 0 Å². The molecule has 302 valence electrons. The van der Waals surface area contributed by atoms with E-state index in [1.807, 2.05) is 0 Å². The number of para-hydroxylation sites is 6. The Balaban J connectivity index is 0.990. The molecule has 0 bridgehead atoms. The third kappa shape index (κ3) is 6.40. The molecule has 0 amide bonds. The van der Waals surface area contributed by atoms with Gasteiger partial charge in [0.25, 0.3) is 0 Å². The van der Waals surface area contributed by atoms with Gasteiger partial charge in [-0.2, -0.15) is 0 Å². The number of nitrogens with zero attached hydrogens (tertiary/aromatic N) is 4. The van der Waals surface area contributed by atoms with Crippen LogP contribution in [-0.4, -0.2) is 9.13 Å². The molecule has 0 aliphatic carbocycles. The third-order valence-electron chi connectivity index (χ3n) is 12.5. The summed E-state index contributed by atoms with van der Waals surface area (Å²) in [5, 5.41) is 4.86. The van der Waals surface area contributed by atoms with Crippen LogP contribution in [0.25, 0.3) is 66.1 Å². The molecule has 12 aromatic rings. The van der Waals surface area contributed by atoms with Gasteiger partial charge in [-0.1, -0.05) is 133 Å². The van der Waals surface area contributed by atoms with Crippen LogP contribution in [0.15, 0.2) is 255 Å². The van der Waals surface area contributed by atoms with Crippen molar-refractivity contribution in [3.63, 3.8) is 0 Å². The van der Waals surface area contributed by atoms with Crippen LogP contribution in [0.5, 0.6) is 0 Å². The van der Waals surface area contributed by atoms with Gasteiger partial charge in [-0.3, -0.25) is 0 Å². The van der Waals surface area contributed by atoms with Crippen molar-refractivity contribution in [3.05, 3.63) is 255 Å². The smallest absolute Gasteiger partial charge is 0.0542 e. The summed E-state index contributed by atoms with van der Waals surface area (Å²) in [6.07, 6.45) is 0. The fourth-order valence-electron chi connectivity index (χ4n) is 9.56. The van der Waals surface area contributed by atoms with Crippen molar-refractivity contribution in [1.82, 2.24) is 9.13 Å². The largest absolute Gasteiger partial charge is 0.311 e. The highest BCUT2D eigenvalue weighted by atomic mass is 15.1. The quantitative estimate of drug-likeness (QED) is 0.144. The fraction of sp³-hybridized carbons (Fsp3) is 0. The van der Waals surface area contributed by atoms with Gasteiger partial charge < -0.3 is 18.9 Å². The molecule has 0 saturated carbocycles. The van der Waals surface area contributed by atoms with Crippen molar-refractivity contribution in [2.45, 2.75) is 0 Å². The molecule has 2 heterocycles. The molecular formula is C60H42N4. The van der Waals surface area contributed by atoms with E-state index in [1.54, 1.807) is 0 Å². The summed E-state index contributed by atoms with van der Waals surface area (Å²) in [5.41, 5.74) is 16.0. The molecule has 12 rings (SSSR count). The molecule has 10 aromatic carbocycles. The first-order valence-electron chi connectivity index (χ1n) is 21.8. The van der Waals surface area contributed by atoms with Gasteiger partial charge >= 0.3 is 0 Å². The van der Waals surface area contributed by atoms with Gasteiger partial charge in [0.2, 0.25) is 0 Å². The van der Waals surface area contributed by atoms with Crippen molar-refractivity contribution >= 4 is 77.7 Å². The monoisotopic (exact) mass is 818 g/mol. The van der Waals surface area contributed by atoms with Gasteiger partial charge in [0.15, 0.2) is 0 Å². The Morgan fingerprint density at radius 3 is 0.922 bits per heavy atom. The molecule has 4 heteroatoms. The van der Waals surface area contributed by atoms with E-state index >= 15 is 0 Å². The molecule has 0 radical (unpaired) electrons. The van der Waals surface area contributed by atoms with Crippen LogP contribution in [0.2, 0.25) is 0 Å². The normalized spacial score (nSPS) is 11.4. The maximum atomic E-state index is 2.41.